The molecule has 0 saturated heterocycles. The van der Waals surface area contributed by atoms with E-state index in [2.05, 4.69) is 170 Å². The summed E-state index contributed by atoms with van der Waals surface area (Å²) in [5, 5.41) is 10.4. The van der Waals surface area contributed by atoms with Gasteiger partial charge in [0.15, 0.2) is 0 Å². The lowest BCUT2D eigenvalue weighted by atomic mass is 9.82. The van der Waals surface area contributed by atoms with E-state index in [0.29, 0.717) is 0 Å². The molecule has 0 N–H and O–H groups in total. The molecule has 8 aromatic carbocycles. The van der Waals surface area contributed by atoms with Gasteiger partial charge in [-0.25, -0.2) is 0 Å². The van der Waals surface area contributed by atoms with Crippen LogP contribution in [0.1, 0.15) is 25.0 Å². The number of rotatable bonds is 3. The van der Waals surface area contributed by atoms with Crippen LogP contribution < -0.4 is 4.90 Å². The Kier molecular flexibility index (Phi) is 5.57. The van der Waals surface area contributed by atoms with E-state index in [1.54, 1.807) is 0 Å². The smallest absolute Gasteiger partial charge is 0.0640 e. The third-order valence-corrected chi connectivity index (χ3v) is 11.7. The zero-order valence-electron chi connectivity index (χ0n) is 26.3. The van der Waals surface area contributed by atoms with Crippen LogP contribution in [0.15, 0.2) is 152 Å². The number of hydrogen-bond donors (Lipinski definition) is 0. The van der Waals surface area contributed by atoms with Crippen molar-refractivity contribution in [3.05, 3.63) is 163 Å². The first kappa shape index (κ1) is 26.7. The van der Waals surface area contributed by atoms with E-state index in [-0.39, 0.29) is 5.41 Å². The minimum absolute atomic E-state index is 0.0895. The van der Waals surface area contributed by atoms with Gasteiger partial charge in [-0.3, -0.25) is 0 Å². The second kappa shape index (κ2) is 9.78. The van der Waals surface area contributed by atoms with Crippen LogP contribution in [-0.2, 0) is 5.41 Å². The molecule has 47 heavy (non-hydrogen) atoms. The molecular weight excluding hydrogens is 587 g/mol. The summed E-state index contributed by atoms with van der Waals surface area (Å²) < 4.78 is 2.66. The van der Waals surface area contributed by atoms with Gasteiger partial charge in [-0.2, -0.15) is 0 Å². The molecule has 1 heterocycles. The van der Waals surface area contributed by atoms with E-state index in [4.69, 9.17) is 0 Å². The Labute approximate surface area is 278 Å². The first-order chi connectivity index (χ1) is 23.1. The van der Waals surface area contributed by atoms with Crippen molar-refractivity contribution in [1.29, 1.82) is 0 Å². The van der Waals surface area contributed by atoms with Crippen LogP contribution in [0.3, 0.4) is 0 Å². The van der Waals surface area contributed by atoms with E-state index < -0.39 is 0 Å². The van der Waals surface area contributed by atoms with E-state index in [9.17, 15) is 0 Å². The van der Waals surface area contributed by atoms with Crippen molar-refractivity contribution >= 4 is 80.9 Å². The third kappa shape index (κ3) is 3.71. The summed E-state index contributed by atoms with van der Waals surface area (Å²) in [5.74, 6) is 0. The Balaban J connectivity index is 1.31. The Morgan fingerprint density at radius 2 is 1.04 bits per heavy atom. The predicted molar refractivity (Wildman–Crippen MR) is 204 cm³/mol. The van der Waals surface area contributed by atoms with Gasteiger partial charge in [-0.15, -0.1) is 11.3 Å². The molecule has 1 nitrogen and oxygen atoms in total. The van der Waals surface area contributed by atoms with Crippen molar-refractivity contribution < 1.29 is 0 Å². The fraction of sp³-hybridized carbons (Fsp3) is 0.0667. The molecule has 0 spiro atoms. The summed E-state index contributed by atoms with van der Waals surface area (Å²) in [7, 11) is 0. The standard InChI is InChI=1S/C45H31NS/c1-45(2)38-22-10-9-18-33(38)34-26-25-29(27-39(34)45)46(40-23-11-14-28-13-3-4-15-30(28)40)41-24-12-21-37-42-35-19-7-5-16-31(35)32-17-6-8-20-36(32)44(42)47-43(37)41/h3-27H,1-2H3. The molecule has 222 valence electrons. The largest absolute Gasteiger partial charge is 0.308 e. The van der Waals surface area contributed by atoms with Gasteiger partial charge in [0.25, 0.3) is 0 Å². The lowest BCUT2D eigenvalue weighted by Gasteiger charge is -2.29. The third-order valence-electron chi connectivity index (χ3n) is 10.4. The van der Waals surface area contributed by atoms with E-state index in [1.807, 2.05) is 11.3 Å². The van der Waals surface area contributed by atoms with Crippen molar-refractivity contribution in [2.45, 2.75) is 19.3 Å². The summed E-state index contributed by atoms with van der Waals surface area (Å²) in [5.41, 5.74) is 8.95. The van der Waals surface area contributed by atoms with Crippen molar-refractivity contribution in [3.63, 3.8) is 0 Å². The minimum atomic E-state index is -0.0895. The second-order valence-electron chi connectivity index (χ2n) is 13.3. The van der Waals surface area contributed by atoms with E-state index in [0.717, 1.165) is 0 Å². The van der Waals surface area contributed by atoms with E-state index >= 15 is 0 Å². The molecule has 0 radical (unpaired) electrons. The van der Waals surface area contributed by atoms with Gasteiger partial charge in [0.05, 0.1) is 16.1 Å². The quantitative estimate of drug-likeness (QED) is 0.178. The lowest BCUT2D eigenvalue weighted by Crippen LogP contribution is -2.16. The zero-order chi connectivity index (χ0) is 31.3. The molecule has 0 unspecified atom stereocenters. The Hall–Kier alpha value is -5.44. The molecule has 0 fully saturated rings. The van der Waals surface area contributed by atoms with Gasteiger partial charge in [0, 0.05) is 37.3 Å². The van der Waals surface area contributed by atoms with Crippen LogP contribution in [0, 0.1) is 0 Å². The highest BCUT2D eigenvalue weighted by Crippen LogP contribution is 2.53. The van der Waals surface area contributed by atoms with Crippen LogP contribution in [0.2, 0.25) is 0 Å². The van der Waals surface area contributed by atoms with Crippen LogP contribution >= 0.6 is 11.3 Å². The summed E-state index contributed by atoms with van der Waals surface area (Å²) in [6, 6.07) is 56.2. The molecule has 1 aliphatic carbocycles. The molecule has 1 aliphatic rings. The zero-order valence-corrected chi connectivity index (χ0v) is 27.1. The molecule has 10 rings (SSSR count). The highest BCUT2D eigenvalue weighted by molar-refractivity contribution is 7.27. The molecule has 0 saturated carbocycles. The van der Waals surface area contributed by atoms with Gasteiger partial charge in [-0.1, -0.05) is 141 Å². The summed E-state index contributed by atoms with van der Waals surface area (Å²) in [6.45, 7) is 4.74. The topological polar surface area (TPSA) is 3.24 Å². The highest BCUT2D eigenvalue weighted by atomic mass is 32.1. The first-order valence-electron chi connectivity index (χ1n) is 16.4. The fourth-order valence-corrected chi connectivity index (χ4v) is 9.59. The predicted octanol–water partition coefficient (Wildman–Crippen LogP) is 13.3. The second-order valence-corrected chi connectivity index (χ2v) is 14.3. The lowest BCUT2D eigenvalue weighted by molar-refractivity contribution is 0.660. The number of hydrogen-bond acceptors (Lipinski definition) is 2. The molecule has 2 heteroatoms. The van der Waals surface area contributed by atoms with E-state index in [1.165, 1.54) is 91.8 Å². The Bertz CT molecular complexity index is 2720. The Morgan fingerprint density at radius 1 is 0.447 bits per heavy atom. The van der Waals surface area contributed by atoms with Gasteiger partial charge >= 0.3 is 0 Å². The normalized spacial score (nSPS) is 13.5. The van der Waals surface area contributed by atoms with Gasteiger partial charge in [-0.05, 0) is 68.1 Å². The fourth-order valence-electron chi connectivity index (χ4n) is 8.23. The van der Waals surface area contributed by atoms with Crippen LogP contribution in [0.5, 0.6) is 0 Å². The molecule has 9 aromatic rings. The summed E-state index contributed by atoms with van der Waals surface area (Å²) in [4.78, 5) is 2.52. The van der Waals surface area contributed by atoms with Gasteiger partial charge in [0.1, 0.15) is 0 Å². The van der Waals surface area contributed by atoms with Crippen molar-refractivity contribution in [2.24, 2.45) is 0 Å². The molecule has 0 atom stereocenters. The number of benzene rings is 8. The Morgan fingerprint density at radius 3 is 1.89 bits per heavy atom. The van der Waals surface area contributed by atoms with Crippen molar-refractivity contribution in [2.75, 3.05) is 4.90 Å². The number of thiophene rings is 1. The molecule has 1 aromatic heterocycles. The molecule has 0 bridgehead atoms. The maximum Gasteiger partial charge on any atom is 0.0640 e. The van der Waals surface area contributed by atoms with Gasteiger partial charge < -0.3 is 4.90 Å². The maximum atomic E-state index is 2.52. The highest BCUT2D eigenvalue weighted by Gasteiger charge is 2.36. The minimum Gasteiger partial charge on any atom is -0.308 e. The summed E-state index contributed by atoms with van der Waals surface area (Å²) >= 11 is 1.93. The molecular formula is C45H31NS. The van der Waals surface area contributed by atoms with Crippen LogP contribution in [0.4, 0.5) is 17.1 Å². The molecule has 0 aliphatic heterocycles. The van der Waals surface area contributed by atoms with Crippen LogP contribution in [0.25, 0.3) is 63.6 Å². The average molecular weight is 618 g/mol. The average Bonchev–Trinajstić information content (AvgIpc) is 3.63. The van der Waals surface area contributed by atoms with Crippen molar-refractivity contribution in [3.8, 4) is 11.1 Å². The SMILES string of the molecule is CC1(C)c2ccccc2-c2ccc(N(c3cccc4ccccc34)c3cccc4c3sc3c5ccccc5c5ccccc5c43)cc21. The van der Waals surface area contributed by atoms with Gasteiger partial charge in [0.2, 0.25) is 0 Å². The number of anilines is 3. The number of nitrogens with zero attached hydrogens (tertiary/aromatic N) is 1. The molecule has 0 amide bonds. The monoisotopic (exact) mass is 617 g/mol. The summed E-state index contributed by atoms with van der Waals surface area (Å²) in [6.07, 6.45) is 0. The van der Waals surface area contributed by atoms with Crippen LogP contribution in [-0.4, -0.2) is 0 Å². The first-order valence-corrected chi connectivity index (χ1v) is 17.2. The maximum absolute atomic E-state index is 2.52. The van der Waals surface area contributed by atoms with Crippen molar-refractivity contribution in [1.82, 2.24) is 0 Å². The number of fused-ring (bicyclic) bond motifs is 12.